The van der Waals surface area contributed by atoms with Gasteiger partial charge in [-0.25, -0.2) is 0 Å². The molecule has 0 spiro atoms. The van der Waals surface area contributed by atoms with E-state index >= 15 is 0 Å². The predicted octanol–water partition coefficient (Wildman–Crippen LogP) is 5.26. The first kappa shape index (κ1) is 15.2. The van der Waals surface area contributed by atoms with Crippen LogP contribution in [0.1, 0.15) is 31.2 Å². The molecule has 0 saturated carbocycles. The monoisotopic (exact) mass is 378 g/mol. The summed E-state index contributed by atoms with van der Waals surface area (Å²) in [6.07, 6.45) is 0. The van der Waals surface area contributed by atoms with Gasteiger partial charge in [-0.1, -0.05) is 26.0 Å². The molecule has 0 saturated heterocycles. The summed E-state index contributed by atoms with van der Waals surface area (Å²) >= 11 is 4.97. The number of halogens is 1. The fraction of sp³-hybridized carbons (Fsp3) is 0.250. The molecule has 22 heavy (non-hydrogen) atoms. The molecule has 0 unspecified atom stereocenters. The van der Waals surface area contributed by atoms with Crippen molar-refractivity contribution >= 4 is 27.3 Å². The van der Waals surface area contributed by atoms with Crippen LogP contribution in [0.15, 0.2) is 44.6 Å². The van der Waals surface area contributed by atoms with Gasteiger partial charge in [-0.15, -0.1) is 21.5 Å². The van der Waals surface area contributed by atoms with E-state index in [4.69, 9.17) is 9.15 Å². The van der Waals surface area contributed by atoms with E-state index in [0.29, 0.717) is 17.7 Å². The fourth-order valence-corrected chi connectivity index (χ4v) is 3.24. The third kappa shape index (κ3) is 3.56. The van der Waals surface area contributed by atoms with Crippen LogP contribution in [0, 0.1) is 0 Å². The first-order valence-electron chi connectivity index (χ1n) is 6.92. The van der Waals surface area contributed by atoms with Crippen LogP contribution >= 0.6 is 27.3 Å². The molecule has 3 rings (SSSR count). The number of aromatic nitrogens is 2. The van der Waals surface area contributed by atoms with Gasteiger partial charge in [0.15, 0.2) is 6.61 Å². The maximum atomic E-state index is 5.68. The van der Waals surface area contributed by atoms with E-state index in [1.165, 1.54) is 5.56 Å². The Bertz CT molecular complexity index is 750. The molecule has 0 aliphatic heterocycles. The molecule has 2 aromatic heterocycles. The molecule has 0 atom stereocenters. The van der Waals surface area contributed by atoms with Crippen molar-refractivity contribution in [2.75, 3.05) is 0 Å². The zero-order valence-corrected chi connectivity index (χ0v) is 14.6. The third-order valence-electron chi connectivity index (χ3n) is 3.16. The van der Waals surface area contributed by atoms with Gasteiger partial charge in [-0.3, -0.25) is 0 Å². The molecular formula is C16H15BrN2O2S. The quantitative estimate of drug-likeness (QED) is 0.607. The van der Waals surface area contributed by atoms with Crippen molar-refractivity contribution in [2.45, 2.75) is 26.4 Å². The Morgan fingerprint density at radius 3 is 2.55 bits per heavy atom. The number of thiophene rings is 1. The number of hydrogen-bond acceptors (Lipinski definition) is 5. The van der Waals surface area contributed by atoms with Crippen molar-refractivity contribution in [1.29, 1.82) is 0 Å². The summed E-state index contributed by atoms with van der Waals surface area (Å²) in [6, 6.07) is 12.0. The summed E-state index contributed by atoms with van der Waals surface area (Å²) in [6.45, 7) is 4.60. The largest absolute Gasteiger partial charge is 0.484 e. The Balaban J connectivity index is 1.63. The second-order valence-corrected chi connectivity index (χ2v) is 7.58. The Kier molecular flexibility index (Phi) is 4.59. The topological polar surface area (TPSA) is 48.2 Å². The Labute approximate surface area is 141 Å². The highest BCUT2D eigenvalue weighted by Gasteiger charge is 2.11. The highest BCUT2D eigenvalue weighted by atomic mass is 79.9. The van der Waals surface area contributed by atoms with Crippen LogP contribution in [0.4, 0.5) is 0 Å². The highest BCUT2D eigenvalue weighted by Crippen LogP contribution is 2.30. The molecule has 3 aromatic rings. The molecule has 4 nitrogen and oxygen atoms in total. The van der Waals surface area contributed by atoms with Crippen LogP contribution in [0.3, 0.4) is 0 Å². The lowest BCUT2D eigenvalue weighted by atomic mass is 10.0. The van der Waals surface area contributed by atoms with Crippen LogP contribution in [0.5, 0.6) is 5.75 Å². The van der Waals surface area contributed by atoms with Crippen molar-refractivity contribution in [3.63, 3.8) is 0 Å². The highest BCUT2D eigenvalue weighted by molar-refractivity contribution is 9.11. The smallest absolute Gasteiger partial charge is 0.257 e. The van der Waals surface area contributed by atoms with Gasteiger partial charge in [0.05, 0.1) is 8.66 Å². The minimum Gasteiger partial charge on any atom is -0.484 e. The van der Waals surface area contributed by atoms with Gasteiger partial charge in [0.2, 0.25) is 0 Å². The van der Waals surface area contributed by atoms with Crippen molar-refractivity contribution in [1.82, 2.24) is 10.2 Å². The van der Waals surface area contributed by atoms with Crippen LogP contribution in [0.25, 0.3) is 10.8 Å². The Morgan fingerprint density at radius 1 is 1.14 bits per heavy atom. The normalized spacial score (nSPS) is 11.1. The Hall–Kier alpha value is -1.66. The lowest BCUT2D eigenvalue weighted by Gasteiger charge is -2.07. The zero-order valence-electron chi connectivity index (χ0n) is 12.2. The second-order valence-electron chi connectivity index (χ2n) is 5.12. The van der Waals surface area contributed by atoms with Crippen LogP contribution in [0.2, 0.25) is 0 Å². The van der Waals surface area contributed by atoms with E-state index in [1.54, 1.807) is 11.3 Å². The molecule has 0 aliphatic rings. The van der Waals surface area contributed by atoms with Gasteiger partial charge >= 0.3 is 0 Å². The van der Waals surface area contributed by atoms with Crippen molar-refractivity contribution in [3.05, 3.63) is 51.6 Å². The van der Waals surface area contributed by atoms with Crippen molar-refractivity contribution < 1.29 is 9.15 Å². The van der Waals surface area contributed by atoms with Crippen LogP contribution < -0.4 is 4.74 Å². The van der Waals surface area contributed by atoms with Gasteiger partial charge in [0.1, 0.15) is 5.75 Å². The first-order valence-corrected chi connectivity index (χ1v) is 8.53. The van der Waals surface area contributed by atoms with E-state index in [0.717, 1.165) is 14.4 Å². The van der Waals surface area contributed by atoms with Crippen molar-refractivity contribution in [3.8, 4) is 16.5 Å². The SMILES string of the molecule is CC(C)c1ccc(OCc2nnc(-c3ccc(Br)s3)o2)cc1. The van der Waals surface area contributed by atoms with Crippen LogP contribution in [-0.4, -0.2) is 10.2 Å². The van der Waals surface area contributed by atoms with E-state index in [-0.39, 0.29) is 6.61 Å². The lowest BCUT2D eigenvalue weighted by Crippen LogP contribution is -1.96. The average Bonchev–Trinajstić information content (AvgIpc) is 3.14. The summed E-state index contributed by atoms with van der Waals surface area (Å²) in [5.41, 5.74) is 1.29. The molecule has 114 valence electrons. The summed E-state index contributed by atoms with van der Waals surface area (Å²) in [5, 5.41) is 8.05. The summed E-state index contributed by atoms with van der Waals surface area (Å²) in [5.74, 6) is 2.29. The molecule has 6 heteroatoms. The molecule has 0 aliphatic carbocycles. The van der Waals surface area contributed by atoms with Gasteiger partial charge in [0, 0.05) is 0 Å². The number of rotatable bonds is 5. The molecule has 0 fully saturated rings. The number of hydrogen-bond donors (Lipinski definition) is 0. The van der Waals surface area contributed by atoms with Gasteiger partial charge < -0.3 is 9.15 Å². The molecule has 2 heterocycles. The summed E-state index contributed by atoms with van der Waals surface area (Å²) < 4.78 is 12.3. The number of nitrogens with zero attached hydrogens (tertiary/aromatic N) is 2. The van der Waals surface area contributed by atoms with Gasteiger partial charge in [-0.2, -0.15) is 0 Å². The molecule has 0 radical (unpaired) electrons. The third-order valence-corrected chi connectivity index (χ3v) is 4.77. The minimum absolute atomic E-state index is 0.264. The maximum Gasteiger partial charge on any atom is 0.257 e. The molecule has 0 bridgehead atoms. The Morgan fingerprint density at radius 2 is 1.91 bits per heavy atom. The molecule has 0 N–H and O–H groups in total. The molecule has 1 aromatic carbocycles. The predicted molar refractivity (Wildman–Crippen MR) is 90.2 cm³/mol. The van der Waals surface area contributed by atoms with E-state index in [9.17, 15) is 0 Å². The average molecular weight is 379 g/mol. The lowest BCUT2D eigenvalue weighted by molar-refractivity contribution is 0.264. The maximum absolute atomic E-state index is 5.68. The van der Waals surface area contributed by atoms with E-state index in [2.05, 4.69) is 52.1 Å². The molecule has 0 amide bonds. The molecular weight excluding hydrogens is 364 g/mol. The summed E-state index contributed by atoms with van der Waals surface area (Å²) in [4.78, 5) is 0.937. The van der Waals surface area contributed by atoms with Crippen LogP contribution in [-0.2, 0) is 6.61 Å². The second kappa shape index (κ2) is 6.62. The van der Waals surface area contributed by atoms with E-state index < -0.39 is 0 Å². The number of ether oxygens (including phenoxy) is 1. The minimum atomic E-state index is 0.264. The first-order chi connectivity index (χ1) is 10.6. The zero-order chi connectivity index (χ0) is 15.5. The van der Waals surface area contributed by atoms with Gasteiger partial charge in [-0.05, 0) is 51.7 Å². The van der Waals surface area contributed by atoms with E-state index in [1.807, 2.05) is 24.3 Å². The number of benzene rings is 1. The standard InChI is InChI=1S/C16H15BrN2O2S/c1-10(2)11-3-5-12(6-4-11)20-9-15-18-19-16(21-15)13-7-8-14(17)22-13/h3-8,10H,9H2,1-2H3. The van der Waals surface area contributed by atoms with Gasteiger partial charge in [0.25, 0.3) is 11.8 Å². The fourth-order valence-electron chi connectivity index (χ4n) is 1.93. The van der Waals surface area contributed by atoms with Crippen molar-refractivity contribution in [2.24, 2.45) is 0 Å². The summed E-state index contributed by atoms with van der Waals surface area (Å²) in [7, 11) is 0.